The fraction of sp³-hybridized carbons (Fsp3) is 0.269. The van der Waals surface area contributed by atoms with Crippen molar-refractivity contribution in [2.24, 2.45) is 5.10 Å². The summed E-state index contributed by atoms with van der Waals surface area (Å²) in [6.07, 6.45) is 2.14. The van der Waals surface area contributed by atoms with Gasteiger partial charge in [0.15, 0.2) is 12.4 Å². The number of hydrazone groups is 1. The van der Waals surface area contributed by atoms with E-state index in [2.05, 4.69) is 15.8 Å². The molecular weight excluding hydrogens is 489 g/mol. The van der Waals surface area contributed by atoms with Crippen LogP contribution in [0.5, 0.6) is 5.75 Å². The molecule has 0 radical (unpaired) electrons. The maximum Gasteiger partial charge on any atom is 0.291 e. The Balaban J connectivity index is 1.47. The van der Waals surface area contributed by atoms with Gasteiger partial charge in [0, 0.05) is 28.3 Å². The zero-order valence-corrected chi connectivity index (χ0v) is 21.1. The van der Waals surface area contributed by atoms with Crippen molar-refractivity contribution in [2.45, 2.75) is 40.0 Å². The number of anilines is 1. The highest BCUT2D eigenvalue weighted by molar-refractivity contribution is 6.35. The van der Waals surface area contributed by atoms with Crippen LogP contribution < -0.4 is 15.5 Å². The number of fused-ring (bicyclic) bond motifs is 1. The summed E-state index contributed by atoms with van der Waals surface area (Å²) >= 11 is 11.9. The third-order valence-corrected chi connectivity index (χ3v) is 6.48. The molecule has 1 aromatic heterocycles. The summed E-state index contributed by atoms with van der Waals surface area (Å²) < 4.78 is 11.4. The first kappa shape index (κ1) is 24.8. The van der Waals surface area contributed by atoms with Gasteiger partial charge in [-0.05, 0) is 69.0 Å². The Morgan fingerprint density at radius 3 is 2.66 bits per heavy atom. The van der Waals surface area contributed by atoms with Crippen molar-refractivity contribution in [1.82, 2.24) is 5.43 Å². The summed E-state index contributed by atoms with van der Waals surface area (Å²) in [5.74, 6) is 0.533. The molecule has 0 saturated carbocycles. The molecule has 0 saturated heterocycles. The smallest absolute Gasteiger partial charge is 0.291 e. The number of carbonyl (C=O) groups is 2. The van der Waals surface area contributed by atoms with Crippen molar-refractivity contribution < 1.29 is 18.7 Å². The van der Waals surface area contributed by atoms with Crippen LogP contribution in [-0.4, -0.2) is 24.1 Å². The summed E-state index contributed by atoms with van der Waals surface area (Å²) in [5, 5.41) is 8.04. The quantitative estimate of drug-likeness (QED) is 0.395. The normalized spacial score (nSPS) is 13.9. The molecule has 0 unspecified atom stereocenters. The molecule has 182 valence electrons. The van der Waals surface area contributed by atoms with Crippen molar-refractivity contribution in [3.05, 3.63) is 80.2 Å². The maximum absolute atomic E-state index is 13.0. The third-order valence-electron chi connectivity index (χ3n) is 5.95. The molecule has 3 aromatic rings. The first-order valence-electron chi connectivity index (χ1n) is 11.2. The van der Waals surface area contributed by atoms with Crippen molar-refractivity contribution in [3.63, 3.8) is 0 Å². The van der Waals surface area contributed by atoms with Crippen molar-refractivity contribution in [1.29, 1.82) is 0 Å². The molecule has 0 spiro atoms. The van der Waals surface area contributed by atoms with Gasteiger partial charge >= 0.3 is 0 Å². The van der Waals surface area contributed by atoms with Crippen molar-refractivity contribution >= 4 is 46.4 Å². The molecule has 1 aliphatic carbocycles. The van der Waals surface area contributed by atoms with Crippen LogP contribution in [0.2, 0.25) is 10.0 Å². The maximum atomic E-state index is 13.0. The highest BCUT2D eigenvalue weighted by Crippen LogP contribution is 2.31. The molecule has 2 aromatic carbocycles. The van der Waals surface area contributed by atoms with E-state index in [0.29, 0.717) is 45.7 Å². The van der Waals surface area contributed by atoms with E-state index in [1.54, 1.807) is 12.1 Å². The molecule has 9 heteroatoms. The zero-order chi connectivity index (χ0) is 25.1. The van der Waals surface area contributed by atoms with Crippen LogP contribution in [0.25, 0.3) is 0 Å². The van der Waals surface area contributed by atoms with Crippen molar-refractivity contribution in [3.8, 4) is 5.75 Å². The minimum absolute atomic E-state index is 0.248. The summed E-state index contributed by atoms with van der Waals surface area (Å²) in [7, 11) is 0. The second-order valence-electron chi connectivity index (χ2n) is 8.37. The molecular formula is C26H25Cl2N3O4. The molecule has 1 heterocycles. The molecule has 0 fully saturated rings. The first-order valence-corrected chi connectivity index (χ1v) is 11.9. The fourth-order valence-electron chi connectivity index (χ4n) is 3.96. The van der Waals surface area contributed by atoms with Gasteiger partial charge in [-0.2, -0.15) is 5.10 Å². The minimum atomic E-state index is -0.440. The Bertz CT molecular complexity index is 1330. The average molecular weight is 514 g/mol. The summed E-state index contributed by atoms with van der Waals surface area (Å²) in [6, 6.07) is 10.5. The van der Waals surface area contributed by atoms with E-state index in [1.807, 2.05) is 39.0 Å². The van der Waals surface area contributed by atoms with Crippen LogP contribution >= 0.6 is 23.2 Å². The molecule has 0 aliphatic heterocycles. The lowest BCUT2D eigenvalue weighted by Crippen LogP contribution is -2.27. The van der Waals surface area contributed by atoms with Gasteiger partial charge < -0.3 is 14.5 Å². The van der Waals surface area contributed by atoms with Crippen LogP contribution in [0.15, 0.2) is 45.9 Å². The molecule has 2 N–H and O–H groups in total. The minimum Gasteiger partial charge on any atom is -0.482 e. The number of aryl methyl sites for hydroxylation is 2. The van der Waals surface area contributed by atoms with Crippen LogP contribution in [0.1, 0.15) is 51.4 Å². The van der Waals surface area contributed by atoms with Gasteiger partial charge in [0.2, 0.25) is 0 Å². The largest absolute Gasteiger partial charge is 0.482 e. The monoisotopic (exact) mass is 513 g/mol. The SMILES string of the molecule is Cc1cccc(NC(=O)c2oc3c(c2C)/C(=N/NC(=O)COc2ccc(Cl)cc2Cl)CCC3)c1C. The molecule has 2 amide bonds. The number of hydrogen-bond donors (Lipinski definition) is 2. The fourth-order valence-corrected chi connectivity index (χ4v) is 4.42. The van der Waals surface area contributed by atoms with Crippen LogP contribution in [0.4, 0.5) is 5.69 Å². The Kier molecular flexibility index (Phi) is 7.48. The van der Waals surface area contributed by atoms with E-state index in [9.17, 15) is 9.59 Å². The van der Waals surface area contributed by atoms with E-state index in [-0.39, 0.29) is 18.3 Å². The van der Waals surface area contributed by atoms with Gasteiger partial charge in [-0.15, -0.1) is 0 Å². The lowest BCUT2D eigenvalue weighted by atomic mass is 9.93. The van der Waals surface area contributed by atoms with E-state index in [4.69, 9.17) is 32.4 Å². The second kappa shape index (κ2) is 10.5. The van der Waals surface area contributed by atoms with Gasteiger partial charge in [0.1, 0.15) is 11.5 Å². The second-order valence-corrected chi connectivity index (χ2v) is 9.21. The van der Waals surface area contributed by atoms with Crippen LogP contribution in [0, 0.1) is 20.8 Å². The predicted molar refractivity (Wildman–Crippen MR) is 137 cm³/mol. The molecule has 7 nitrogen and oxygen atoms in total. The average Bonchev–Trinajstić information content (AvgIpc) is 3.17. The summed E-state index contributed by atoms with van der Waals surface area (Å²) in [6.45, 7) is 5.52. The number of rotatable bonds is 6. The Morgan fingerprint density at radius 1 is 1.09 bits per heavy atom. The number of ether oxygens (including phenoxy) is 1. The highest BCUT2D eigenvalue weighted by Gasteiger charge is 2.28. The Morgan fingerprint density at radius 2 is 1.89 bits per heavy atom. The summed E-state index contributed by atoms with van der Waals surface area (Å²) in [5.41, 5.74) is 7.48. The number of furan rings is 1. The summed E-state index contributed by atoms with van der Waals surface area (Å²) in [4.78, 5) is 25.3. The highest BCUT2D eigenvalue weighted by atomic mass is 35.5. The van der Waals surface area contributed by atoms with Gasteiger partial charge in [0.05, 0.1) is 10.7 Å². The van der Waals surface area contributed by atoms with Gasteiger partial charge in [0.25, 0.3) is 11.8 Å². The Hall–Kier alpha value is -3.29. The van der Waals surface area contributed by atoms with E-state index in [0.717, 1.165) is 28.8 Å². The lowest BCUT2D eigenvalue weighted by molar-refractivity contribution is -0.123. The number of carbonyl (C=O) groups excluding carboxylic acids is 2. The van der Waals surface area contributed by atoms with Gasteiger partial charge in [-0.1, -0.05) is 35.3 Å². The van der Waals surface area contributed by atoms with Gasteiger partial charge in [-0.25, -0.2) is 5.43 Å². The predicted octanol–water partition coefficient (Wildman–Crippen LogP) is 6.00. The number of nitrogens with one attached hydrogen (secondary N) is 2. The van der Waals surface area contributed by atoms with Gasteiger partial charge in [-0.3, -0.25) is 9.59 Å². The molecule has 0 bridgehead atoms. The zero-order valence-electron chi connectivity index (χ0n) is 19.6. The number of amides is 2. The Labute approximate surface area is 213 Å². The number of hydrogen-bond acceptors (Lipinski definition) is 5. The van der Waals surface area contributed by atoms with E-state index < -0.39 is 5.91 Å². The number of nitrogens with zero attached hydrogens (tertiary/aromatic N) is 1. The molecule has 4 rings (SSSR count). The van der Waals surface area contributed by atoms with E-state index >= 15 is 0 Å². The molecule has 1 aliphatic rings. The lowest BCUT2D eigenvalue weighted by Gasteiger charge is -2.13. The molecule has 35 heavy (non-hydrogen) atoms. The van der Waals surface area contributed by atoms with Crippen molar-refractivity contribution in [2.75, 3.05) is 11.9 Å². The van der Waals surface area contributed by atoms with Crippen LogP contribution in [0.3, 0.4) is 0 Å². The van der Waals surface area contributed by atoms with Crippen LogP contribution in [-0.2, 0) is 11.2 Å². The number of benzene rings is 2. The topological polar surface area (TPSA) is 92.9 Å². The first-order chi connectivity index (χ1) is 16.7. The standard InChI is InChI=1S/C26H25Cl2N3O4/c1-14-6-4-7-19(15(14)2)29-26(33)25-16(3)24-20(8-5-9-22(24)35-25)30-31-23(32)13-34-21-11-10-17(27)12-18(21)28/h4,6-7,10-12H,5,8-9,13H2,1-3H3,(H,29,33)(H,31,32)/b30-20+. The third kappa shape index (κ3) is 5.52. The molecule has 0 atom stereocenters. The van der Waals surface area contributed by atoms with E-state index in [1.165, 1.54) is 6.07 Å². The number of halogens is 2.